The van der Waals surface area contributed by atoms with Crippen molar-refractivity contribution >= 4 is 74.1 Å². The maximum absolute atomic E-state index is 12.7. The number of carboxylic acid groups (broad SMARTS) is 1. The molecule has 0 amide bonds. The van der Waals surface area contributed by atoms with Crippen molar-refractivity contribution in [1.29, 1.82) is 0 Å². The molecular weight excluding hydrogens is 470 g/mol. The third kappa shape index (κ3) is 3.05. The van der Waals surface area contributed by atoms with Gasteiger partial charge in [0.05, 0.1) is 36.8 Å². The Bertz CT molecular complexity index is 898. The van der Waals surface area contributed by atoms with E-state index in [1.165, 1.54) is 0 Å². The topological polar surface area (TPSA) is 94.8 Å². The highest BCUT2D eigenvalue weighted by atomic mass is 79.9. The van der Waals surface area contributed by atoms with Crippen molar-refractivity contribution in [2.75, 3.05) is 0 Å². The van der Waals surface area contributed by atoms with Gasteiger partial charge in [0.1, 0.15) is 16.0 Å². The van der Waals surface area contributed by atoms with Crippen LogP contribution in [0.15, 0.2) is 16.6 Å². The molecule has 0 saturated heterocycles. The number of phenols is 2. The largest absolute Gasteiger partial charge is 0.507 e. The first kappa shape index (κ1) is 19.1. The van der Waals surface area contributed by atoms with Crippen LogP contribution in [0.2, 0.25) is 20.1 Å². The molecule has 0 aliphatic rings. The smallest absolute Gasteiger partial charge is 0.338 e. The fourth-order valence-corrected chi connectivity index (χ4v) is 3.28. The van der Waals surface area contributed by atoms with E-state index in [1.807, 2.05) is 0 Å². The average Bonchev–Trinajstić information content (AvgIpc) is 2.53. The van der Waals surface area contributed by atoms with Gasteiger partial charge < -0.3 is 15.3 Å². The van der Waals surface area contributed by atoms with Gasteiger partial charge in [-0.05, 0) is 28.1 Å². The Morgan fingerprint density at radius 3 is 1.88 bits per heavy atom. The van der Waals surface area contributed by atoms with Crippen LogP contribution in [-0.4, -0.2) is 27.1 Å². The predicted octanol–water partition coefficient (Wildman–Crippen LogP) is 5.40. The molecule has 0 aromatic heterocycles. The molecule has 2 rings (SSSR count). The van der Waals surface area contributed by atoms with Crippen molar-refractivity contribution in [1.82, 2.24) is 0 Å². The number of carbonyl (C=O) groups excluding carboxylic acids is 1. The maximum Gasteiger partial charge on any atom is 0.338 e. The molecule has 2 aromatic carbocycles. The highest BCUT2D eigenvalue weighted by Crippen LogP contribution is 2.44. The van der Waals surface area contributed by atoms with Gasteiger partial charge in [0.15, 0.2) is 5.78 Å². The molecule has 5 nitrogen and oxygen atoms in total. The number of carbonyl (C=O) groups is 2. The molecule has 0 saturated carbocycles. The van der Waals surface area contributed by atoms with Crippen molar-refractivity contribution < 1.29 is 24.9 Å². The van der Waals surface area contributed by atoms with Crippen LogP contribution in [0.5, 0.6) is 11.5 Å². The van der Waals surface area contributed by atoms with Gasteiger partial charge in [-0.3, -0.25) is 4.79 Å². The van der Waals surface area contributed by atoms with Gasteiger partial charge in [0.2, 0.25) is 0 Å². The van der Waals surface area contributed by atoms with Crippen LogP contribution < -0.4 is 0 Å². The fourth-order valence-electron chi connectivity index (χ4n) is 1.92. The predicted molar refractivity (Wildman–Crippen MR) is 94.3 cm³/mol. The molecule has 0 radical (unpaired) electrons. The zero-order chi connectivity index (χ0) is 18.3. The van der Waals surface area contributed by atoms with E-state index < -0.39 is 38.7 Å². The van der Waals surface area contributed by atoms with Crippen molar-refractivity contribution in [3.05, 3.63) is 53.4 Å². The lowest BCUT2D eigenvalue weighted by atomic mass is 9.97. The van der Waals surface area contributed by atoms with Crippen LogP contribution >= 0.6 is 62.3 Å². The van der Waals surface area contributed by atoms with Gasteiger partial charge in [0.25, 0.3) is 0 Å². The minimum Gasteiger partial charge on any atom is -0.507 e. The van der Waals surface area contributed by atoms with Gasteiger partial charge in [-0.25, -0.2) is 4.79 Å². The van der Waals surface area contributed by atoms with Gasteiger partial charge >= 0.3 is 5.97 Å². The van der Waals surface area contributed by atoms with Crippen molar-refractivity contribution in [2.24, 2.45) is 0 Å². The number of hydrogen-bond donors (Lipinski definition) is 3. The second-order valence-corrected chi connectivity index (χ2v) is 6.74. The number of halogens is 5. The van der Waals surface area contributed by atoms with Gasteiger partial charge in [0, 0.05) is 0 Å². The van der Waals surface area contributed by atoms with E-state index in [9.17, 15) is 24.9 Å². The molecule has 24 heavy (non-hydrogen) atoms. The zero-order valence-corrected chi connectivity index (χ0v) is 15.8. The minimum absolute atomic E-state index is 0.146. The molecule has 2 aromatic rings. The van der Waals surface area contributed by atoms with Crippen molar-refractivity contribution in [3.8, 4) is 11.5 Å². The zero-order valence-electron chi connectivity index (χ0n) is 11.2. The van der Waals surface area contributed by atoms with Crippen molar-refractivity contribution in [2.45, 2.75) is 0 Å². The second kappa shape index (κ2) is 6.98. The van der Waals surface area contributed by atoms with Crippen LogP contribution in [0.1, 0.15) is 26.3 Å². The molecule has 0 heterocycles. The summed E-state index contributed by atoms with van der Waals surface area (Å²) in [4.78, 5) is 24.2. The third-order valence-electron chi connectivity index (χ3n) is 3.05. The highest BCUT2D eigenvalue weighted by Gasteiger charge is 2.31. The summed E-state index contributed by atoms with van der Waals surface area (Å²) in [5, 5.41) is 27.4. The molecule has 0 aliphatic carbocycles. The molecule has 0 unspecified atom stereocenters. The van der Waals surface area contributed by atoms with E-state index in [1.54, 1.807) is 0 Å². The first-order valence-corrected chi connectivity index (χ1v) is 8.24. The number of benzene rings is 2. The summed E-state index contributed by atoms with van der Waals surface area (Å²) < 4.78 is -0.146. The van der Waals surface area contributed by atoms with Gasteiger partial charge in [-0.15, -0.1) is 0 Å². The number of phenolic OH excluding ortho intramolecular Hbond substituents is 2. The highest BCUT2D eigenvalue weighted by molar-refractivity contribution is 9.10. The van der Waals surface area contributed by atoms with Gasteiger partial charge in [-0.2, -0.15) is 0 Å². The standard InChI is InChI=1S/C14H5BrCl4O5/c15-7-4(20)2-1-3(13(7)22)12(21)5-6(14(23)24)9(17)11(19)10(18)8(5)16/h1-2,20,22H,(H,23,24). The number of carboxylic acids is 1. The lowest BCUT2D eigenvalue weighted by Crippen LogP contribution is -2.12. The lowest BCUT2D eigenvalue weighted by molar-refractivity contribution is 0.0693. The van der Waals surface area contributed by atoms with Crippen LogP contribution in [0, 0.1) is 0 Å². The Kier molecular flexibility index (Phi) is 5.57. The number of rotatable bonds is 3. The molecule has 10 heteroatoms. The van der Waals surface area contributed by atoms with E-state index in [0.717, 1.165) is 12.1 Å². The van der Waals surface area contributed by atoms with Crippen LogP contribution in [0.3, 0.4) is 0 Å². The normalized spacial score (nSPS) is 10.7. The number of hydrogen-bond acceptors (Lipinski definition) is 4. The summed E-state index contributed by atoms with van der Waals surface area (Å²) in [5.41, 5.74) is -1.50. The van der Waals surface area contributed by atoms with E-state index in [4.69, 9.17) is 46.4 Å². The molecule has 0 aliphatic heterocycles. The van der Waals surface area contributed by atoms with Crippen molar-refractivity contribution in [3.63, 3.8) is 0 Å². The van der Waals surface area contributed by atoms with Crippen LogP contribution in [-0.2, 0) is 0 Å². The monoisotopic (exact) mass is 472 g/mol. The van der Waals surface area contributed by atoms with E-state index in [0.29, 0.717) is 0 Å². The Balaban J connectivity index is 2.84. The third-order valence-corrected chi connectivity index (χ3v) is 5.63. The Morgan fingerprint density at radius 2 is 1.38 bits per heavy atom. The summed E-state index contributed by atoms with van der Waals surface area (Å²) in [6.07, 6.45) is 0. The molecular formula is C14H5BrCl4O5. The molecule has 0 fully saturated rings. The summed E-state index contributed by atoms with van der Waals surface area (Å²) >= 11 is 26.5. The van der Waals surface area contributed by atoms with Crippen LogP contribution in [0.4, 0.5) is 0 Å². The first-order chi connectivity index (χ1) is 11.1. The molecule has 3 N–H and O–H groups in total. The SMILES string of the molecule is O=C(O)c1c(Cl)c(Cl)c(Cl)c(Cl)c1C(=O)c1ccc(O)c(Br)c1O. The average molecular weight is 475 g/mol. The summed E-state index contributed by atoms with van der Waals surface area (Å²) in [7, 11) is 0. The summed E-state index contributed by atoms with van der Waals surface area (Å²) in [5.74, 6) is -3.44. The van der Waals surface area contributed by atoms with E-state index in [-0.39, 0.29) is 25.8 Å². The molecule has 126 valence electrons. The quantitative estimate of drug-likeness (QED) is 0.314. The van der Waals surface area contributed by atoms with Gasteiger partial charge in [-0.1, -0.05) is 46.4 Å². The lowest BCUT2D eigenvalue weighted by Gasteiger charge is -2.14. The molecule has 0 spiro atoms. The summed E-state index contributed by atoms with van der Waals surface area (Å²) in [6.45, 7) is 0. The number of ketones is 1. The van der Waals surface area contributed by atoms with E-state index >= 15 is 0 Å². The first-order valence-electron chi connectivity index (χ1n) is 5.93. The Hall–Kier alpha value is -1.18. The maximum atomic E-state index is 12.7. The second-order valence-electron chi connectivity index (χ2n) is 4.44. The Morgan fingerprint density at radius 1 is 0.875 bits per heavy atom. The Labute approximate surface area is 163 Å². The minimum atomic E-state index is -1.55. The fraction of sp³-hybridized carbons (Fsp3) is 0. The van der Waals surface area contributed by atoms with Crippen LogP contribution in [0.25, 0.3) is 0 Å². The molecule has 0 bridgehead atoms. The van der Waals surface area contributed by atoms with E-state index in [2.05, 4.69) is 15.9 Å². The molecule has 0 atom stereocenters. The number of aromatic carboxylic acids is 1. The number of aromatic hydroxyl groups is 2. The summed E-state index contributed by atoms with van der Waals surface area (Å²) in [6, 6.07) is 2.22.